The Hall–Kier alpha value is -3.35. The third-order valence-electron chi connectivity index (χ3n) is 6.11. The van der Waals surface area contributed by atoms with E-state index in [1.165, 1.54) is 0 Å². The molecule has 2 aromatic rings. The molecule has 3 N–H and O–H groups in total. The zero-order valence-corrected chi connectivity index (χ0v) is 19.5. The molecule has 0 aliphatic heterocycles. The summed E-state index contributed by atoms with van der Waals surface area (Å²) in [6.07, 6.45) is -0.625. The van der Waals surface area contributed by atoms with Gasteiger partial charge in [-0.15, -0.1) is 0 Å². The molecular weight excluding hydrogens is 420 g/mol. The van der Waals surface area contributed by atoms with Crippen molar-refractivity contribution in [3.8, 4) is 11.1 Å². The van der Waals surface area contributed by atoms with E-state index in [1.54, 1.807) is 13.8 Å². The molecule has 7 nitrogen and oxygen atoms in total. The van der Waals surface area contributed by atoms with Crippen LogP contribution in [-0.4, -0.2) is 41.8 Å². The minimum absolute atomic E-state index is 0.0294. The van der Waals surface area contributed by atoms with Gasteiger partial charge in [-0.3, -0.25) is 4.79 Å². The molecule has 0 radical (unpaired) electrons. The van der Waals surface area contributed by atoms with Crippen LogP contribution in [0.1, 0.15) is 51.2 Å². The molecule has 2 aromatic carbocycles. The molecule has 0 fully saturated rings. The fraction of sp³-hybridized carbons (Fsp3) is 0.423. The Morgan fingerprint density at radius 3 is 1.91 bits per heavy atom. The van der Waals surface area contributed by atoms with Crippen molar-refractivity contribution in [3.63, 3.8) is 0 Å². The van der Waals surface area contributed by atoms with Crippen LogP contribution in [0.15, 0.2) is 48.5 Å². The Balaban J connectivity index is 1.61. The van der Waals surface area contributed by atoms with E-state index < -0.39 is 30.1 Å². The summed E-state index contributed by atoms with van der Waals surface area (Å²) in [5.74, 6) is -1.85. The number of carboxylic acid groups (broad SMARTS) is 1. The summed E-state index contributed by atoms with van der Waals surface area (Å²) in [6.45, 7) is 7.42. The fourth-order valence-corrected chi connectivity index (χ4v) is 4.19. The molecule has 176 valence electrons. The highest BCUT2D eigenvalue weighted by Crippen LogP contribution is 2.44. The standard InChI is InChI=1S/C26H32N2O5/c1-15(2)22(13-23(29)28-24(16(3)4)25(30)31)27-26(32)33-14-21-19-11-7-5-9-17(19)18-10-6-8-12-20(18)21/h5-12,15-16,21-22,24H,13-14H2,1-4H3,(H,27,32)(H,28,29)(H,30,31)/t22?,24-/m0/s1. The quantitative estimate of drug-likeness (QED) is 0.530. The van der Waals surface area contributed by atoms with Gasteiger partial charge in [0.15, 0.2) is 0 Å². The van der Waals surface area contributed by atoms with E-state index in [-0.39, 0.29) is 30.8 Å². The lowest BCUT2D eigenvalue weighted by Crippen LogP contribution is -2.48. The van der Waals surface area contributed by atoms with Gasteiger partial charge in [0.2, 0.25) is 5.91 Å². The summed E-state index contributed by atoms with van der Waals surface area (Å²) >= 11 is 0. The summed E-state index contributed by atoms with van der Waals surface area (Å²) in [5, 5.41) is 14.6. The van der Waals surface area contributed by atoms with E-state index in [2.05, 4.69) is 34.9 Å². The number of amides is 2. The van der Waals surface area contributed by atoms with Gasteiger partial charge in [0, 0.05) is 18.4 Å². The topological polar surface area (TPSA) is 105 Å². The van der Waals surface area contributed by atoms with Crippen molar-refractivity contribution in [1.82, 2.24) is 10.6 Å². The molecular formula is C26H32N2O5. The number of alkyl carbamates (subject to hydrolysis) is 1. The van der Waals surface area contributed by atoms with Crippen molar-refractivity contribution in [2.75, 3.05) is 6.61 Å². The van der Waals surface area contributed by atoms with Gasteiger partial charge in [0.05, 0.1) is 0 Å². The first-order chi connectivity index (χ1) is 15.7. The summed E-state index contributed by atoms with van der Waals surface area (Å²) in [6, 6.07) is 14.7. The third kappa shape index (κ3) is 5.72. The van der Waals surface area contributed by atoms with Crippen molar-refractivity contribution in [2.24, 2.45) is 11.8 Å². The van der Waals surface area contributed by atoms with Gasteiger partial charge in [-0.05, 0) is 34.1 Å². The molecule has 1 unspecified atom stereocenters. The smallest absolute Gasteiger partial charge is 0.407 e. The maximum absolute atomic E-state index is 12.6. The van der Waals surface area contributed by atoms with E-state index in [0.717, 1.165) is 22.3 Å². The Morgan fingerprint density at radius 1 is 0.879 bits per heavy atom. The average Bonchev–Trinajstić information content (AvgIpc) is 3.09. The molecule has 2 atom stereocenters. The number of carbonyl (C=O) groups excluding carboxylic acids is 2. The summed E-state index contributed by atoms with van der Waals surface area (Å²) in [5.41, 5.74) is 4.55. The minimum Gasteiger partial charge on any atom is -0.480 e. The lowest BCUT2D eigenvalue weighted by molar-refractivity contribution is -0.143. The zero-order chi connectivity index (χ0) is 24.1. The van der Waals surface area contributed by atoms with Crippen LogP contribution in [0.3, 0.4) is 0 Å². The molecule has 0 spiro atoms. The van der Waals surface area contributed by atoms with Gasteiger partial charge in [0.1, 0.15) is 12.6 Å². The van der Waals surface area contributed by atoms with Gasteiger partial charge in [-0.1, -0.05) is 76.2 Å². The molecule has 0 saturated heterocycles. The minimum atomic E-state index is -1.08. The van der Waals surface area contributed by atoms with Crippen molar-refractivity contribution in [1.29, 1.82) is 0 Å². The second-order valence-electron chi connectivity index (χ2n) is 9.15. The van der Waals surface area contributed by atoms with Crippen molar-refractivity contribution < 1.29 is 24.2 Å². The highest BCUT2D eigenvalue weighted by Gasteiger charge is 2.30. The average molecular weight is 453 g/mol. The number of ether oxygens (including phenoxy) is 1. The number of hydrogen-bond acceptors (Lipinski definition) is 4. The van der Waals surface area contributed by atoms with Crippen LogP contribution >= 0.6 is 0 Å². The van der Waals surface area contributed by atoms with Crippen LogP contribution in [0, 0.1) is 11.8 Å². The SMILES string of the molecule is CC(C)C(CC(=O)N[C@H](C(=O)O)C(C)C)NC(=O)OCC1c2ccccc2-c2ccccc21. The van der Waals surface area contributed by atoms with Gasteiger partial charge in [-0.2, -0.15) is 0 Å². The highest BCUT2D eigenvalue weighted by atomic mass is 16.5. The number of hydrogen-bond donors (Lipinski definition) is 3. The molecule has 7 heteroatoms. The lowest BCUT2D eigenvalue weighted by atomic mass is 9.98. The van der Waals surface area contributed by atoms with E-state index in [0.29, 0.717) is 0 Å². The number of nitrogens with one attached hydrogen (secondary N) is 2. The third-order valence-corrected chi connectivity index (χ3v) is 6.11. The Bertz CT molecular complexity index is 972. The molecule has 2 amide bonds. The molecule has 3 rings (SSSR count). The number of carboxylic acids is 1. The Morgan fingerprint density at radius 2 is 1.42 bits per heavy atom. The number of rotatable bonds is 9. The van der Waals surface area contributed by atoms with Crippen molar-refractivity contribution in [2.45, 2.75) is 52.1 Å². The number of carbonyl (C=O) groups is 3. The number of fused-ring (bicyclic) bond motifs is 3. The van der Waals surface area contributed by atoms with E-state index in [4.69, 9.17) is 4.74 Å². The van der Waals surface area contributed by atoms with Crippen LogP contribution in [0.2, 0.25) is 0 Å². The van der Waals surface area contributed by atoms with Gasteiger partial charge >= 0.3 is 12.1 Å². The Labute approximate surface area is 194 Å². The number of benzene rings is 2. The first kappa shape index (κ1) is 24.3. The Kier molecular flexibility index (Phi) is 7.74. The van der Waals surface area contributed by atoms with Gasteiger partial charge in [0.25, 0.3) is 0 Å². The van der Waals surface area contributed by atoms with Crippen LogP contribution in [-0.2, 0) is 14.3 Å². The van der Waals surface area contributed by atoms with Crippen molar-refractivity contribution in [3.05, 3.63) is 59.7 Å². The van der Waals surface area contributed by atoms with Crippen LogP contribution in [0.5, 0.6) is 0 Å². The molecule has 1 aliphatic carbocycles. The van der Waals surface area contributed by atoms with Crippen LogP contribution in [0.25, 0.3) is 11.1 Å². The maximum Gasteiger partial charge on any atom is 0.407 e. The van der Waals surface area contributed by atoms with Gasteiger partial charge < -0.3 is 20.5 Å². The predicted octanol–water partition coefficient (Wildman–Crippen LogP) is 4.17. The first-order valence-electron chi connectivity index (χ1n) is 11.3. The largest absolute Gasteiger partial charge is 0.480 e. The summed E-state index contributed by atoms with van der Waals surface area (Å²) in [7, 11) is 0. The van der Waals surface area contributed by atoms with Crippen LogP contribution in [0.4, 0.5) is 4.79 Å². The second-order valence-corrected chi connectivity index (χ2v) is 9.15. The zero-order valence-electron chi connectivity index (χ0n) is 19.5. The van der Waals surface area contributed by atoms with Gasteiger partial charge in [-0.25, -0.2) is 9.59 Å². The summed E-state index contributed by atoms with van der Waals surface area (Å²) < 4.78 is 5.58. The second kappa shape index (κ2) is 10.5. The molecule has 1 aliphatic rings. The monoisotopic (exact) mass is 452 g/mol. The number of aliphatic carboxylic acids is 1. The molecule has 0 saturated carbocycles. The van der Waals surface area contributed by atoms with E-state index in [9.17, 15) is 19.5 Å². The molecule has 0 aromatic heterocycles. The normalized spacial score (nSPS) is 14.4. The maximum atomic E-state index is 12.6. The fourth-order valence-electron chi connectivity index (χ4n) is 4.19. The predicted molar refractivity (Wildman–Crippen MR) is 126 cm³/mol. The molecule has 0 bridgehead atoms. The molecule has 33 heavy (non-hydrogen) atoms. The lowest BCUT2D eigenvalue weighted by Gasteiger charge is -2.24. The van der Waals surface area contributed by atoms with Crippen molar-refractivity contribution >= 4 is 18.0 Å². The van der Waals surface area contributed by atoms with Crippen LogP contribution < -0.4 is 10.6 Å². The highest BCUT2D eigenvalue weighted by molar-refractivity contribution is 5.84. The van der Waals surface area contributed by atoms with E-state index in [1.807, 2.05) is 38.1 Å². The summed E-state index contributed by atoms with van der Waals surface area (Å²) in [4.78, 5) is 36.4. The molecule has 0 heterocycles. The van der Waals surface area contributed by atoms with E-state index >= 15 is 0 Å². The first-order valence-corrected chi connectivity index (χ1v) is 11.3.